The summed E-state index contributed by atoms with van der Waals surface area (Å²) in [6.45, 7) is 0.327. The molecule has 0 fully saturated rings. The van der Waals surface area contributed by atoms with Gasteiger partial charge in [-0.3, -0.25) is 14.6 Å². The quantitative estimate of drug-likeness (QED) is 0.435. The molecule has 2 aromatic carbocycles. The van der Waals surface area contributed by atoms with Gasteiger partial charge in [0, 0.05) is 47.2 Å². The first-order valence-electron chi connectivity index (χ1n) is 9.52. The van der Waals surface area contributed by atoms with E-state index in [1.807, 2.05) is 48.7 Å². The van der Waals surface area contributed by atoms with E-state index in [1.54, 1.807) is 42.7 Å². The largest absolute Gasteiger partial charge is 0.361 e. The summed E-state index contributed by atoms with van der Waals surface area (Å²) in [6, 6.07) is 20.2. The number of hydrogen-bond acceptors (Lipinski definition) is 3. The summed E-state index contributed by atoms with van der Waals surface area (Å²) in [4.78, 5) is 32.8. The number of nitrogens with zero attached hydrogens (tertiary/aromatic N) is 1. The number of H-pyrrole nitrogens is 1. The maximum absolute atomic E-state index is 12.9. The van der Waals surface area contributed by atoms with Crippen molar-refractivity contribution in [3.05, 3.63) is 108 Å². The summed E-state index contributed by atoms with van der Waals surface area (Å²) < 4.78 is 0. The molecule has 4 rings (SSSR count). The van der Waals surface area contributed by atoms with Crippen LogP contribution in [-0.4, -0.2) is 21.8 Å². The molecule has 6 heteroatoms. The Bertz CT molecular complexity index is 1200. The first-order chi connectivity index (χ1) is 14.7. The van der Waals surface area contributed by atoms with Gasteiger partial charge in [-0.05, 0) is 42.0 Å². The smallest absolute Gasteiger partial charge is 0.268 e. The van der Waals surface area contributed by atoms with E-state index in [1.165, 1.54) is 0 Å². The molecule has 0 saturated heterocycles. The molecule has 0 unspecified atom stereocenters. The fourth-order valence-corrected chi connectivity index (χ4v) is 3.09. The SMILES string of the molecule is O=C(NCc1ccncc1)/C(=C/c1c[nH]c2ccccc12)NC(=O)c1ccccc1. The Morgan fingerprint density at radius 1 is 0.933 bits per heavy atom. The second-order valence-electron chi connectivity index (χ2n) is 6.71. The van der Waals surface area contributed by atoms with E-state index in [2.05, 4.69) is 20.6 Å². The van der Waals surface area contributed by atoms with Crippen LogP contribution in [0.5, 0.6) is 0 Å². The Morgan fingerprint density at radius 2 is 1.67 bits per heavy atom. The van der Waals surface area contributed by atoms with E-state index < -0.39 is 0 Å². The van der Waals surface area contributed by atoms with Crippen molar-refractivity contribution in [2.45, 2.75) is 6.54 Å². The van der Waals surface area contributed by atoms with Crippen molar-refractivity contribution in [1.82, 2.24) is 20.6 Å². The Labute approximate surface area is 173 Å². The van der Waals surface area contributed by atoms with E-state index in [0.717, 1.165) is 22.0 Å². The average Bonchev–Trinajstić information content (AvgIpc) is 3.21. The van der Waals surface area contributed by atoms with Gasteiger partial charge in [0.25, 0.3) is 11.8 Å². The number of nitrogens with one attached hydrogen (secondary N) is 3. The summed E-state index contributed by atoms with van der Waals surface area (Å²) in [5.74, 6) is -0.720. The third-order valence-corrected chi connectivity index (χ3v) is 4.65. The van der Waals surface area contributed by atoms with Crippen LogP contribution in [0.4, 0.5) is 0 Å². The summed E-state index contributed by atoms with van der Waals surface area (Å²) in [7, 11) is 0. The third kappa shape index (κ3) is 4.44. The molecule has 2 aromatic heterocycles. The lowest BCUT2D eigenvalue weighted by Gasteiger charge is -2.11. The number of fused-ring (bicyclic) bond motifs is 1. The Balaban J connectivity index is 1.61. The lowest BCUT2D eigenvalue weighted by atomic mass is 10.1. The molecule has 3 N–H and O–H groups in total. The number of para-hydroxylation sites is 1. The highest BCUT2D eigenvalue weighted by molar-refractivity contribution is 6.06. The van der Waals surface area contributed by atoms with E-state index in [4.69, 9.17) is 0 Å². The molecule has 0 saturated carbocycles. The molecule has 2 heterocycles. The van der Waals surface area contributed by atoms with Crippen LogP contribution in [0.3, 0.4) is 0 Å². The van der Waals surface area contributed by atoms with Gasteiger partial charge in [-0.2, -0.15) is 0 Å². The first kappa shape index (κ1) is 19.1. The molecular formula is C24H20N4O2. The predicted molar refractivity (Wildman–Crippen MR) is 116 cm³/mol. The van der Waals surface area contributed by atoms with Gasteiger partial charge in [0.05, 0.1) is 0 Å². The Morgan fingerprint density at radius 3 is 2.47 bits per heavy atom. The molecule has 0 aliphatic carbocycles. The van der Waals surface area contributed by atoms with Crippen molar-refractivity contribution >= 4 is 28.8 Å². The van der Waals surface area contributed by atoms with Crippen LogP contribution in [0, 0.1) is 0 Å². The molecule has 30 heavy (non-hydrogen) atoms. The summed E-state index contributed by atoms with van der Waals surface area (Å²) in [5.41, 5.74) is 3.33. The molecular weight excluding hydrogens is 376 g/mol. The minimum atomic E-state index is -0.374. The van der Waals surface area contributed by atoms with Crippen molar-refractivity contribution in [2.75, 3.05) is 0 Å². The second-order valence-corrected chi connectivity index (χ2v) is 6.71. The summed E-state index contributed by atoms with van der Waals surface area (Å²) in [6.07, 6.45) is 6.83. The number of benzene rings is 2. The highest BCUT2D eigenvalue weighted by Crippen LogP contribution is 2.20. The van der Waals surface area contributed by atoms with Gasteiger partial charge in [0.1, 0.15) is 5.70 Å². The van der Waals surface area contributed by atoms with Crippen LogP contribution >= 0.6 is 0 Å². The van der Waals surface area contributed by atoms with Gasteiger partial charge in [0.15, 0.2) is 0 Å². The van der Waals surface area contributed by atoms with E-state index in [9.17, 15) is 9.59 Å². The molecule has 6 nitrogen and oxygen atoms in total. The highest BCUT2D eigenvalue weighted by atomic mass is 16.2. The van der Waals surface area contributed by atoms with E-state index in [0.29, 0.717) is 12.1 Å². The minimum absolute atomic E-state index is 0.169. The van der Waals surface area contributed by atoms with Gasteiger partial charge in [-0.15, -0.1) is 0 Å². The molecule has 0 bridgehead atoms. The summed E-state index contributed by atoms with van der Waals surface area (Å²) in [5, 5.41) is 6.58. The molecule has 148 valence electrons. The third-order valence-electron chi connectivity index (χ3n) is 4.65. The fraction of sp³-hybridized carbons (Fsp3) is 0.0417. The second kappa shape index (κ2) is 8.87. The van der Waals surface area contributed by atoms with Crippen LogP contribution < -0.4 is 10.6 Å². The van der Waals surface area contributed by atoms with Crippen molar-refractivity contribution in [3.8, 4) is 0 Å². The van der Waals surface area contributed by atoms with Crippen molar-refractivity contribution in [3.63, 3.8) is 0 Å². The number of carbonyl (C=O) groups excluding carboxylic acids is 2. The van der Waals surface area contributed by atoms with Crippen LogP contribution in [0.25, 0.3) is 17.0 Å². The normalized spacial score (nSPS) is 11.3. The van der Waals surface area contributed by atoms with Gasteiger partial charge >= 0.3 is 0 Å². The van der Waals surface area contributed by atoms with E-state index >= 15 is 0 Å². The number of carbonyl (C=O) groups is 2. The number of amides is 2. The topological polar surface area (TPSA) is 86.9 Å². The van der Waals surface area contributed by atoms with Crippen LogP contribution in [-0.2, 0) is 11.3 Å². The number of aromatic nitrogens is 2. The molecule has 2 amide bonds. The van der Waals surface area contributed by atoms with E-state index in [-0.39, 0.29) is 17.5 Å². The molecule has 0 aliphatic heterocycles. The number of aromatic amines is 1. The maximum atomic E-state index is 12.9. The van der Waals surface area contributed by atoms with Crippen molar-refractivity contribution in [2.24, 2.45) is 0 Å². The van der Waals surface area contributed by atoms with Crippen LogP contribution in [0.15, 0.2) is 91.0 Å². The lowest BCUT2D eigenvalue weighted by Crippen LogP contribution is -2.34. The Kier molecular flexibility index (Phi) is 5.66. The number of pyridine rings is 1. The van der Waals surface area contributed by atoms with Gasteiger partial charge in [0.2, 0.25) is 0 Å². The molecule has 0 spiro atoms. The number of hydrogen-bond donors (Lipinski definition) is 3. The van der Waals surface area contributed by atoms with Gasteiger partial charge in [-0.25, -0.2) is 0 Å². The van der Waals surface area contributed by atoms with Crippen LogP contribution in [0.1, 0.15) is 21.5 Å². The molecule has 4 aromatic rings. The highest BCUT2D eigenvalue weighted by Gasteiger charge is 2.15. The fourth-order valence-electron chi connectivity index (χ4n) is 3.09. The molecule has 0 atom stereocenters. The van der Waals surface area contributed by atoms with Gasteiger partial charge < -0.3 is 15.6 Å². The monoisotopic (exact) mass is 396 g/mol. The van der Waals surface area contributed by atoms with Crippen molar-refractivity contribution < 1.29 is 9.59 Å². The predicted octanol–water partition coefficient (Wildman–Crippen LogP) is 3.65. The summed E-state index contributed by atoms with van der Waals surface area (Å²) >= 11 is 0. The number of rotatable bonds is 6. The zero-order valence-electron chi connectivity index (χ0n) is 16.1. The standard InChI is InChI=1S/C24H20N4O2/c29-23(18-6-2-1-3-7-18)28-22(24(30)27-15-17-10-12-25-13-11-17)14-19-16-26-21-9-5-4-8-20(19)21/h1-14,16,26H,15H2,(H,27,30)(H,28,29)/b22-14-. The molecule has 0 radical (unpaired) electrons. The van der Waals surface area contributed by atoms with Crippen molar-refractivity contribution in [1.29, 1.82) is 0 Å². The van der Waals surface area contributed by atoms with Crippen LogP contribution in [0.2, 0.25) is 0 Å². The van der Waals surface area contributed by atoms with Gasteiger partial charge in [-0.1, -0.05) is 36.4 Å². The zero-order valence-corrected chi connectivity index (χ0v) is 16.1. The zero-order chi connectivity index (χ0) is 20.8. The maximum Gasteiger partial charge on any atom is 0.268 e. The minimum Gasteiger partial charge on any atom is -0.361 e. The molecule has 0 aliphatic rings. The first-order valence-corrected chi connectivity index (χ1v) is 9.52. The average molecular weight is 396 g/mol. The Hall–Kier alpha value is -4.19. The lowest BCUT2D eigenvalue weighted by molar-refractivity contribution is -0.117.